The molecule has 0 aliphatic carbocycles. The van der Waals surface area contributed by atoms with Crippen molar-refractivity contribution in [1.29, 1.82) is 0 Å². The molecule has 0 aromatic heterocycles. The molecule has 5 nitrogen and oxygen atoms in total. The fourth-order valence-electron chi connectivity index (χ4n) is 1.91. The largest absolute Gasteiger partial charge is 0.368 e. The first-order chi connectivity index (χ1) is 9.12. The zero-order valence-corrected chi connectivity index (χ0v) is 11.8. The third-order valence-corrected chi connectivity index (χ3v) is 4.25. The monoisotopic (exact) mass is 281 g/mol. The maximum atomic E-state index is 12.0. The van der Waals surface area contributed by atoms with E-state index in [2.05, 4.69) is 15.0 Å². The average molecular weight is 281 g/mol. The quantitative estimate of drug-likeness (QED) is 0.831. The van der Waals surface area contributed by atoms with E-state index < -0.39 is 10.0 Å². The predicted molar refractivity (Wildman–Crippen MR) is 78.2 cm³/mol. The van der Waals surface area contributed by atoms with Crippen molar-refractivity contribution in [3.63, 3.8) is 0 Å². The first-order valence-corrected chi connectivity index (χ1v) is 8.16. The Morgan fingerprint density at radius 1 is 1.37 bits per heavy atom. The smallest absolute Gasteiger partial charge is 0.232 e. The zero-order chi connectivity index (χ0) is 13.7. The molecule has 19 heavy (non-hydrogen) atoms. The number of hydrogen-bond acceptors (Lipinski definition) is 4. The SMILES string of the molecule is CCCCS(=O)(=O)Nc1ccccc1C1=NCCN1. The predicted octanol–water partition coefficient (Wildman–Crippen LogP) is 1.58. The lowest BCUT2D eigenvalue weighted by Crippen LogP contribution is -2.23. The lowest BCUT2D eigenvalue weighted by atomic mass is 10.1. The molecule has 0 fully saturated rings. The van der Waals surface area contributed by atoms with Crippen LogP contribution >= 0.6 is 0 Å². The maximum absolute atomic E-state index is 12.0. The van der Waals surface area contributed by atoms with E-state index in [4.69, 9.17) is 0 Å². The van der Waals surface area contributed by atoms with Gasteiger partial charge in [0.15, 0.2) is 0 Å². The summed E-state index contributed by atoms with van der Waals surface area (Å²) in [5, 5.41) is 3.16. The minimum atomic E-state index is -3.28. The van der Waals surface area contributed by atoms with Gasteiger partial charge < -0.3 is 5.32 Å². The van der Waals surface area contributed by atoms with Crippen molar-refractivity contribution in [2.45, 2.75) is 19.8 Å². The van der Waals surface area contributed by atoms with Crippen LogP contribution in [0.5, 0.6) is 0 Å². The second kappa shape index (κ2) is 6.06. The standard InChI is InChI=1S/C13H19N3O2S/c1-2-3-10-19(17,18)16-12-7-5-4-6-11(12)13-14-8-9-15-13/h4-7,16H,2-3,8-10H2,1H3,(H,14,15). The number of nitrogens with zero attached hydrogens (tertiary/aromatic N) is 1. The zero-order valence-electron chi connectivity index (χ0n) is 11.0. The molecule has 0 saturated heterocycles. The first kappa shape index (κ1) is 13.9. The number of para-hydroxylation sites is 1. The molecule has 6 heteroatoms. The Balaban J connectivity index is 2.21. The number of rotatable bonds is 6. The lowest BCUT2D eigenvalue weighted by molar-refractivity contribution is 0.598. The van der Waals surface area contributed by atoms with E-state index in [0.29, 0.717) is 12.1 Å². The number of aliphatic imine (C=N–C) groups is 1. The van der Waals surface area contributed by atoms with E-state index in [0.717, 1.165) is 30.9 Å². The van der Waals surface area contributed by atoms with Gasteiger partial charge in [0.2, 0.25) is 10.0 Å². The molecule has 1 aliphatic heterocycles. The highest BCUT2D eigenvalue weighted by molar-refractivity contribution is 7.92. The Morgan fingerprint density at radius 3 is 2.84 bits per heavy atom. The summed E-state index contributed by atoms with van der Waals surface area (Å²) < 4.78 is 26.6. The van der Waals surface area contributed by atoms with Crippen molar-refractivity contribution in [2.24, 2.45) is 4.99 Å². The fraction of sp³-hybridized carbons (Fsp3) is 0.462. The Kier molecular flexibility index (Phi) is 4.42. The third kappa shape index (κ3) is 3.70. The number of anilines is 1. The van der Waals surface area contributed by atoms with Gasteiger partial charge in [-0.15, -0.1) is 0 Å². The van der Waals surface area contributed by atoms with Gasteiger partial charge in [0.25, 0.3) is 0 Å². The molecule has 2 rings (SSSR count). The van der Waals surface area contributed by atoms with Crippen LogP contribution in [0.25, 0.3) is 0 Å². The van der Waals surface area contributed by atoms with Crippen LogP contribution in [-0.2, 0) is 10.0 Å². The van der Waals surface area contributed by atoms with Gasteiger partial charge in [0, 0.05) is 12.1 Å². The van der Waals surface area contributed by atoms with Crippen LogP contribution < -0.4 is 10.0 Å². The van der Waals surface area contributed by atoms with Crippen molar-refractivity contribution in [1.82, 2.24) is 5.32 Å². The van der Waals surface area contributed by atoms with Crippen LogP contribution in [0.2, 0.25) is 0 Å². The molecule has 0 spiro atoms. The minimum Gasteiger partial charge on any atom is -0.368 e. The molecule has 1 aromatic carbocycles. The summed E-state index contributed by atoms with van der Waals surface area (Å²) in [5.74, 6) is 0.909. The highest BCUT2D eigenvalue weighted by Gasteiger charge is 2.16. The second-order valence-electron chi connectivity index (χ2n) is 4.48. The van der Waals surface area contributed by atoms with Crippen LogP contribution in [0, 0.1) is 0 Å². The topological polar surface area (TPSA) is 70.6 Å². The van der Waals surface area contributed by atoms with Crippen molar-refractivity contribution >= 4 is 21.5 Å². The summed E-state index contributed by atoms with van der Waals surface area (Å²) in [4.78, 5) is 4.33. The Morgan fingerprint density at radius 2 is 2.16 bits per heavy atom. The number of unbranched alkanes of at least 4 members (excludes halogenated alkanes) is 1. The van der Waals surface area contributed by atoms with Crippen molar-refractivity contribution in [2.75, 3.05) is 23.6 Å². The molecule has 1 aromatic rings. The summed E-state index contributed by atoms with van der Waals surface area (Å²) in [7, 11) is -3.28. The molecule has 1 heterocycles. The van der Waals surface area contributed by atoms with Crippen molar-refractivity contribution in [3.05, 3.63) is 29.8 Å². The summed E-state index contributed by atoms with van der Waals surface area (Å²) >= 11 is 0. The van der Waals surface area contributed by atoms with E-state index in [1.807, 2.05) is 25.1 Å². The number of sulfonamides is 1. The Hall–Kier alpha value is -1.56. The summed E-state index contributed by atoms with van der Waals surface area (Å²) in [6.07, 6.45) is 1.52. The average Bonchev–Trinajstić information content (AvgIpc) is 2.90. The lowest BCUT2D eigenvalue weighted by Gasteiger charge is -2.12. The number of nitrogens with one attached hydrogen (secondary N) is 2. The molecular formula is C13H19N3O2S. The summed E-state index contributed by atoms with van der Waals surface area (Å²) in [5.41, 5.74) is 1.40. The highest BCUT2D eigenvalue weighted by Crippen LogP contribution is 2.18. The van der Waals surface area contributed by atoms with Gasteiger partial charge in [-0.05, 0) is 18.6 Å². The number of amidine groups is 1. The van der Waals surface area contributed by atoms with Crippen LogP contribution in [0.4, 0.5) is 5.69 Å². The molecule has 104 valence electrons. The summed E-state index contributed by atoms with van der Waals surface area (Å²) in [6, 6.07) is 7.33. The third-order valence-electron chi connectivity index (χ3n) is 2.89. The molecule has 2 N–H and O–H groups in total. The van der Waals surface area contributed by atoms with Crippen LogP contribution in [0.3, 0.4) is 0 Å². The van der Waals surface area contributed by atoms with Gasteiger partial charge in [-0.25, -0.2) is 8.42 Å². The number of hydrogen-bond donors (Lipinski definition) is 2. The first-order valence-electron chi connectivity index (χ1n) is 6.50. The van der Waals surface area contributed by atoms with Gasteiger partial charge in [0.05, 0.1) is 18.0 Å². The van der Waals surface area contributed by atoms with E-state index in [1.54, 1.807) is 6.07 Å². The van der Waals surface area contributed by atoms with E-state index in [9.17, 15) is 8.42 Å². The van der Waals surface area contributed by atoms with Crippen LogP contribution in [0.15, 0.2) is 29.3 Å². The van der Waals surface area contributed by atoms with Gasteiger partial charge in [-0.2, -0.15) is 0 Å². The number of benzene rings is 1. The second-order valence-corrected chi connectivity index (χ2v) is 6.32. The van der Waals surface area contributed by atoms with E-state index >= 15 is 0 Å². The van der Waals surface area contributed by atoms with Crippen molar-refractivity contribution in [3.8, 4) is 0 Å². The molecule has 0 saturated carbocycles. The molecule has 1 aliphatic rings. The molecule has 0 atom stereocenters. The molecule has 0 radical (unpaired) electrons. The fourth-order valence-corrected chi connectivity index (χ4v) is 3.19. The van der Waals surface area contributed by atoms with E-state index in [1.165, 1.54) is 0 Å². The van der Waals surface area contributed by atoms with E-state index in [-0.39, 0.29) is 5.75 Å². The highest BCUT2D eigenvalue weighted by atomic mass is 32.2. The van der Waals surface area contributed by atoms with Crippen molar-refractivity contribution < 1.29 is 8.42 Å². The molecule has 0 amide bonds. The Labute approximate surface area is 114 Å². The Bertz CT molecular complexity index is 567. The minimum absolute atomic E-state index is 0.151. The summed E-state index contributed by atoms with van der Waals surface area (Å²) in [6.45, 7) is 3.50. The maximum Gasteiger partial charge on any atom is 0.232 e. The van der Waals surface area contributed by atoms with Crippen LogP contribution in [-0.4, -0.2) is 33.1 Å². The van der Waals surface area contributed by atoms with Gasteiger partial charge in [0.1, 0.15) is 5.84 Å². The van der Waals surface area contributed by atoms with Gasteiger partial charge in [-0.3, -0.25) is 9.71 Å². The normalized spacial score (nSPS) is 14.9. The molecule has 0 unspecified atom stereocenters. The molecular weight excluding hydrogens is 262 g/mol. The van der Waals surface area contributed by atoms with Gasteiger partial charge >= 0.3 is 0 Å². The molecule has 0 bridgehead atoms. The van der Waals surface area contributed by atoms with Gasteiger partial charge in [-0.1, -0.05) is 25.5 Å². The van der Waals surface area contributed by atoms with Crippen LogP contribution in [0.1, 0.15) is 25.3 Å².